The van der Waals surface area contributed by atoms with E-state index in [0.717, 1.165) is 19.5 Å². The van der Waals surface area contributed by atoms with Crippen LogP contribution in [0.4, 0.5) is 0 Å². The van der Waals surface area contributed by atoms with Gasteiger partial charge in [0.2, 0.25) is 0 Å². The third-order valence-corrected chi connectivity index (χ3v) is 3.23. The molecule has 0 aromatic carbocycles. The lowest BCUT2D eigenvalue weighted by molar-refractivity contribution is 0.0909. The lowest BCUT2D eigenvalue weighted by Crippen LogP contribution is -2.58. The summed E-state index contributed by atoms with van der Waals surface area (Å²) in [6.07, 6.45) is 0.940. The third-order valence-electron chi connectivity index (χ3n) is 3.23. The van der Waals surface area contributed by atoms with Gasteiger partial charge in [0.15, 0.2) is 0 Å². The summed E-state index contributed by atoms with van der Waals surface area (Å²) in [6, 6.07) is 1.06. The Balaban J connectivity index is 2.58. The predicted molar refractivity (Wildman–Crippen MR) is 64.8 cm³/mol. The van der Waals surface area contributed by atoms with Gasteiger partial charge in [0.05, 0.1) is 0 Å². The van der Waals surface area contributed by atoms with Crippen molar-refractivity contribution in [3.63, 3.8) is 0 Å². The predicted octanol–water partition coefficient (Wildman–Crippen LogP) is 0.234. The lowest BCUT2D eigenvalue weighted by Gasteiger charge is -2.41. The van der Waals surface area contributed by atoms with Crippen molar-refractivity contribution >= 4 is 0 Å². The Morgan fingerprint density at radius 1 is 1.40 bits per heavy atom. The van der Waals surface area contributed by atoms with Crippen molar-refractivity contribution in [1.29, 1.82) is 0 Å². The molecule has 1 N–H and O–H groups in total. The summed E-state index contributed by atoms with van der Waals surface area (Å²) in [4.78, 5) is 4.84. The maximum Gasteiger partial charge on any atom is 0.0383 e. The number of rotatable bonds is 3. The summed E-state index contributed by atoms with van der Waals surface area (Å²) in [6.45, 7) is 5.36. The molecule has 0 saturated carbocycles. The topological polar surface area (TPSA) is 18.5 Å². The van der Waals surface area contributed by atoms with E-state index >= 15 is 0 Å². The van der Waals surface area contributed by atoms with Gasteiger partial charge in [-0.1, -0.05) is 0 Å². The van der Waals surface area contributed by atoms with E-state index in [2.05, 4.69) is 41.1 Å². The summed E-state index contributed by atoms with van der Waals surface area (Å²) in [5, 5.41) is 3.39. The fraction of sp³-hybridized carbons (Fsp3) is 0.833. The highest BCUT2D eigenvalue weighted by Gasteiger charge is 2.28. The first kappa shape index (κ1) is 12.5. The molecule has 1 heterocycles. The van der Waals surface area contributed by atoms with Crippen LogP contribution >= 0.6 is 0 Å². The van der Waals surface area contributed by atoms with Crippen LogP contribution in [0.1, 0.15) is 13.3 Å². The maximum atomic E-state index is 3.39. The lowest BCUT2D eigenvalue weighted by atomic mass is 10.0. The minimum absolute atomic E-state index is 0.477. The Kier molecular flexibility index (Phi) is 5.10. The second kappa shape index (κ2) is 6.12. The third kappa shape index (κ3) is 3.49. The Morgan fingerprint density at radius 2 is 2.13 bits per heavy atom. The Labute approximate surface area is 93.8 Å². The molecule has 2 atom stereocenters. The van der Waals surface area contributed by atoms with E-state index in [-0.39, 0.29) is 0 Å². The highest BCUT2D eigenvalue weighted by atomic mass is 15.3. The standard InChI is InChI=1S/C12H23N3/c1-5-6-7-11(13-2)12-10-14(3)8-9-15(12)4/h11-13H,7-10H2,1-4H3. The second-order valence-electron chi connectivity index (χ2n) is 4.34. The van der Waals surface area contributed by atoms with E-state index in [1.54, 1.807) is 0 Å². The van der Waals surface area contributed by atoms with Gasteiger partial charge in [-0.3, -0.25) is 4.90 Å². The molecule has 0 aromatic rings. The highest BCUT2D eigenvalue weighted by Crippen LogP contribution is 2.11. The van der Waals surface area contributed by atoms with Crippen molar-refractivity contribution in [2.24, 2.45) is 0 Å². The first-order valence-corrected chi connectivity index (χ1v) is 5.64. The van der Waals surface area contributed by atoms with Gasteiger partial charge in [-0.05, 0) is 28.1 Å². The van der Waals surface area contributed by atoms with Crippen molar-refractivity contribution < 1.29 is 0 Å². The Hall–Kier alpha value is -0.560. The van der Waals surface area contributed by atoms with Crippen LogP contribution in [0.15, 0.2) is 0 Å². The molecule has 1 fully saturated rings. The van der Waals surface area contributed by atoms with Crippen molar-refractivity contribution in [3.05, 3.63) is 0 Å². The van der Waals surface area contributed by atoms with Gasteiger partial charge in [-0.2, -0.15) is 0 Å². The van der Waals surface area contributed by atoms with Crippen LogP contribution in [-0.2, 0) is 0 Å². The number of likely N-dealkylation sites (N-methyl/N-ethyl adjacent to an activating group) is 3. The molecule has 2 unspecified atom stereocenters. The quantitative estimate of drug-likeness (QED) is 0.672. The minimum atomic E-state index is 0.477. The normalized spacial score (nSPS) is 25.7. The summed E-state index contributed by atoms with van der Waals surface area (Å²) in [5.41, 5.74) is 0. The number of nitrogens with one attached hydrogen (secondary N) is 1. The molecule has 0 amide bonds. The number of hydrogen-bond donors (Lipinski definition) is 1. The zero-order valence-corrected chi connectivity index (χ0v) is 10.4. The molecule has 0 spiro atoms. The molecule has 3 heteroatoms. The summed E-state index contributed by atoms with van der Waals surface area (Å²) >= 11 is 0. The van der Waals surface area contributed by atoms with Gasteiger partial charge >= 0.3 is 0 Å². The summed E-state index contributed by atoms with van der Waals surface area (Å²) < 4.78 is 0. The largest absolute Gasteiger partial charge is 0.315 e. The van der Waals surface area contributed by atoms with E-state index in [4.69, 9.17) is 0 Å². The van der Waals surface area contributed by atoms with E-state index < -0.39 is 0 Å². The molecular weight excluding hydrogens is 186 g/mol. The van der Waals surface area contributed by atoms with Crippen molar-refractivity contribution in [1.82, 2.24) is 15.1 Å². The monoisotopic (exact) mass is 209 g/mol. The zero-order chi connectivity index (χ0) is 11.3. The second-order valence-corrected chi connectivity index (χ2v) is 4.34. The molecular formula is C12H23N3. The number of piperazine rings is 1. The van der Waals surface area contributed by atoms with Gasteiger partial charge < -0.3 is 10.2 Å². The first-order valence-electron chi connectivity index (χ1n) is 5.64. The summed E-state index contributed by atoms with van der Waals surface area (Å²) in [7, 11) is 6.43. The van der Waals surface area contributed by atoms with Crippen molar-refractivity contribution in [3.8, 4) is 11.8 Å². The van der Waals surface area contributed by atoms with Gasteiger partial charge in [-0.15, -0.1) is 11.8 Å². The molecule has 0 bridgehead atoms. The molecule has 0 aliphatic carbocycles. The van der Waals surface area contributed by atoms with Crippen LogP contribution in [0.5, 0.6) is 0 Å². The van der Waals surface area contributed by atoms with Crippen molar-refractivity contribution in [2.75, 3.05) is 40.8 Å². The fourth-order valence-corrected chi connectivity index (χ4v) is 2.12. The van der Waals surface area contributed by atoms with Gasteiger partial charge in [0.25, 0.3) is 0 Å². The van der Waals surface area contributed by atoms with Crippen LogP contribution in [0.2, 0.25) is 0 Å². The van der Waals surface area contributed by atoms with Gasteiger partial charge in [0, 0.05) is 38.1 Å². The molecule has 86 valence electrons. The first-order chi connectivity index (χ1) is 7.19. The fourth-order valence-electron chi connectivity index (χ4n) is 2.12. The average molecular weight is 209 g/mol. The van der Waals surface area contributed by atoms with Crippen LogP contribution in [-0.4, -0.2) is 62.7 Å². The van der Waals surface area contributed by atoms with Gasteiger partial charge in [-0.25, -0.2) is 0 Å². The molecule has 1 aliphatic heterocycles. The molecule has 15 heavy (non-hydrogen) atoms. The molecule has 0 aromatic heterocycles. The van der Waals surface area contributed by atoms with Crippen LogP contribution in [0.25, 0.3) is 0 Å². The molecule has 3 nitrogen and oxygen atoms in total. The summed E-state index contributed by atoms with van der Waals surface area (Å²) in [5.74, 6) is 6.15. The van der Waals surface area contributed by atoms with Crippen LogP contribution < -0.4 is 5.32 Å². The maximum absolute atomic E-state index is 3.39. The smallest absolute Gasteiger partial charge is 0.0383 e. The Bertz CT molecular complexity index is 241. The molecule has 0 radical (unpaired) electrons. The average Bonchev–Trinajstić information content (AvgIpc) is 2.24. The van der Waals surface area contributed by atoms with E-state index in [1.807, 2.05) is 14.0 Å². The molecule has 1 saturated heterocycles. The van der Waals surface area contributed by atoms with Gasteiger partial charge in [0.1, 0.15) is 0 Å². The zero-order valence-electron chi connectivity index (χ0n) is 10.4. The van der Waals surface area contributed by atoms with Crippen LogP contribution in [0.3, 0.4) is 0 Å². The Morgan fingerprint density at radius 3 is 2.73 bits per heavy atom. The molecule has 1 rings (SSSR count). The number of nitrogens with zero attached hydrogens (tertiary/aromatic N) is 2. The van der Waals surface area contributed by atoms with Crippen molar-refractivity contribution in [2.45, 2.75) is 25.4 Å². The SMILES string of the molecule is CC#CCC(NC)C1CN(C)CCN1C. The highest BCUT2D eigenvalue weighted by molar-refractivity contribution is 5.01. The van der Waals surface area contributed by atoms with E-state index in [1.165, 1.54) is 6.54 Å². The molecule has 1 aliphatic rings. The van der Waals surface area contributed by atoms with E-state index in [9.17, 15) is 0 Å². The van der Waals surface area contributed by atoms with E-state index in [0.29, 0.717) is 12.1 Å². The van der Waals surface area contributed by atoms with Crippen LogP contribution in [0, 0.1) is 11.8 Å². The number of hydrogen-bond acceptors (Lipinski definition) is 3. The minimum Gasteiger partial charge on any atom is -0.315 e.